The van der Waals surface area contributed by atoms with Crippen LogP contribution >= 0.6 is 23.2 Å². The first-order valence-electron chi connectivity index (χ1n) is 6.45. The van der Waals surface area contributed by atoms with Gasteiger partial charge >= 0.3 is 5.97 Å². The van der Waals surface area contributed by atoms with Crippen molar-refractivity contribution in [3.05, 3.63) is 33.8 Å². The van der Waals surface area contributed by atoms with Crippen molar-refractivity contribution in [3.8, 4) is 0 Å². The third-order valence-corrected chi connectivity index (χ3v) is 4.31. The summed E-state index contributed by atoms with van der Waals surface area (Å²) in [4.78, 5) is 11.1. The molecule has 0 saturated heterocycles. The summed E-state index contributed by atoms with van der Waals surface area (Å²) in [5, 5.41) is 13.7. The lowest BCUT2D eigenvalue weighted by Gasteiger charge is -2.16. The molecule has 1 aliphatic rings. The number of aliphatic carboxylic acids is 1. The van der Waals surface area contributed by atoms with Crippen LogP contribution in [-0.4, -0.2) is 17.6 Å². The summed E-state index contributed by atoms with van der Waals surface area (Å²) in [6, 6.07) is 5.36. The van der Waals surface area contributed by atoms with E-state index in [9.17, 15) is 4.79 Å². The molecule has 1 fully saturated rings. The predicted molar refractivity (Wildman–Crippen MR) is 76.6 cm³/mol. The highest BCUT2D eigenvalue weighted by Crippen LogP contribution is 2.31. The first-order valence-corrected chi connectivity index (χ1v) is 7.21. The molecule has 2 unspecified atom stereocenters. The molecule has 1 aromatic rings. The minimum Gasteiger partial charge on any atom is -0.481 e. The Kier molecular flexibility index (Phi) is 5.08. The van der Waals surface area contributed by atoms with Crippen LogP contribution in [0.1, 0.15) is 24.8 Å². The van der Waals surface area contributed by atoms with Gasteiger partial charge in [0, 0.05) is 16.6 Å². The quantitative estimate of drug-likeness (QED) is 0.874. The number of rotatable bonds is 5. The zero-order chi connectivity index (χ0) is 13.8. The second-order valence-corrected chi connectivity index (χ2v) is 5.85. The number of carboxylic acid groups (broad SMARTS) is 1. The summed E-state index contributed by atoms with van der Waals surface area (Å²) < 4.78 is 0. The van der Waals surface area contributed by atoms with Gasteiger partial charge in [0.05, 0.1) is 5.92 Å². The Morgan fingerprint density at radius 1 is 1.37 bits per heavy atom. The number of benzene rings is 1. The van der Waals surface area contributed by atoms with Crippen molar-refractivity contribution < 1.29 is 9.90 Å². The second kappa shape index (κ2) is 6.60. The van der Waals surface area contributed by atoms with Gasteiger partial charge in [-0.2, -0.15) is 0 Å². The highest BCUT2D eigenvalue weighted by Gasteiger charge is 2.32. The summed E-state index contributed by atoms with van der Waals surface area (Å²) in [7, 11) is 0. The van der Waals surface area contributed by atoms with Gasteiger partial charge in [-0.05, 0) is 49.1 Å². The standard InChI is InChI=1S/C14H17Cl2NO2/c15-11-4-5-13(16)10(6-11)8-17-7-9-2-1-3-12(9)14(18)19/h4-6,9,12,17H,1-3,7-8H2,(H,18,19). The van der Waals surface area contributed by atoms with Crippen LogP contribution in [0, 0.1) is 11.8 Å². The maximum absolute atomic E-state index is 11.1. The number of nitrogens with one attached hydrogen (secondary N) is 1. The van der Waals surface area contributed by atoms with Gasteiger partial charge in [0.15, 0.2) is 0 Å². The van der Waals surface area contributed by atoms with Gasteiger partial charge < -0.3 is 10.4 Å². The number of hydrogen-bond donors (Lipinski definition) is 2. The lowest BCUT2D eigenvalue weighted by atomic mass is 9.96. The van der Waals surface area contributed by atoms with E-state index in [1.807, 2.05) is 6.07 Å². The molecule has 0 bridgehead atoms. The summed E-state index contributed by atoms with van der Waals surface area (Å²) in [6.07, 6.45) is 2.77. The van der Waals surface area contributed by atoms with E-state index in [-0.39, 0.29) is 11.8 Å². The van der Waals surface area contributed by atoms with Crippen LogP contribution in [0.25, 0.3) is 0 Å². The highest BCUT2D eigenvalue weighted by molar-refractivity contribution is 6.33. The van der Waals surface area contributed by atoms with E-state index in [4.69, 9.17) is 28.3 Å². The lowest BCUT2D eigenvalue weighted by Crippen LogP contribution is -2.28. The molecule has 2 atom stereocenters. The second-order valence-electron chi connectivity index (χ2n) is 5.00. The smallest absolute Gasteiger partial charge is 0.306 e. The molecule has 0 radical (unpaired) electrons. The Morgan fingerprint density at radius 2 is 2.16 bits per heavy atom. The zero-order valence-electron chi connectivity index (χ0n) is 10.5. The van der Waals surface area contributed by atoms with Crippen molar-refractivity contribution in [1.82, 2.24) is 5.32 Å². The number of carboxylic acids is 1. The number of hydrogen-bond acceptors (Lipinski definition) is 2. The third kappa shape index (κ3) is 3.85. The molecule has 1 saturated carbocycles. The molecular weight excluding hydrogens is 285 g/mol. The number of carbonyl (C=O) groups is 1. The van der Waals surface area contributed by atoms with Crippen LogP contribution in [0.4, 0.5) is 0 Å². The minimum atomic E-state index is -0.676. The normalized spacial score (nSPS) is 22.6. The Bertz CT molecular complexity index is 465. The Hall–Kier alpha value is -0.770. The zero-order valence-corrected chi connectivity index (χ0v) is 12.0. The topological polar surface area (TPSA) is 49.3 Å². The first kappa shape index (κ1) is 14.6. The molecule has 19 heavy (non-hydrogen) atoms. The van der Waals surface area contributed by atoms with Gasteiger partial charge in [-0.3, -0.25) is 4.79 Å². The summed E-state index contributed by atoms with van der Waals surface area (Å²) in [5.74, 6) is -0.664. The van der Waals surface area contributed by atoms with Crippen molar-refractivity contribution in [3.63, 3.8) is 0 Å². The van der Waals surface area contributed by atoms with Crippen molar-refractivity contribution in [1.29, 1.82) is 0 Å². The summed E-state index contributed by atoms with van der Waals surface area (Å²) in [6.45, 7) is 1.32. The van der Waals surface area contributed by atoms with Crippen molar-refractivity contribution in [2.24, 2.45) is 11.8 Å². The molecule has 0 heterocycles. The van der Waals surface area contributed by atoms with Gasteiger partial charge in [0.2, 0.25) is 0 Å². The van der Waals surface area contributed by atoms with Crippen LogP contribution in [0.2, 0.25) is 10.0 Å². The maximum Gasteiger partial charge on any atom is 0.306 e. The molecule has 0 aromatic heterocycles. The van der Waals surface area contributed by atoms with E-state index in [1.54, 1.807) is 12.1 Å². The Balaban J connectivity index is 1.86. The molecule has 5 heteroatoms. The predicted octanol–water partition coefficient (Wildman–Crippen LogP) is 3.58. The molecule has 1 aromatic carbocycles. The van der Waals surface area contributed by atoms with Gasteiger partial charge in [-0.1, -0.05) is 29.6 Å². The van der Waals surface area contributed by atoms with E-state index in [1.165, 1.54) is 0 Å². The molecule has 0 amide bonds. The average molecular weight is 302 g/mol. The van der Waals surface area contributed by atoms with Crippen LogP contribution in [0.3, 0.4) is 0 Å². The maximum atomic E-state index is 11.1. The molecule has 1 aliphatic carbocycles. The molecule has 2 rings (SSSR count). The van der Waals surface area contributed by atoms with Gasteiger partial charge in [-0.25, -0.2) is 0 Å². The van der Waals surface area contributed by atoms with E-state index in [0.29, 0.717) is 23.1 Å². The average Bonchev–Trinajstić information content (AvgIpc) is 2.82. The van der Waals surface area contributed by atoms with Gasteiger partial charge in [-0.15, -0.1) is 0 Å². The Morgan fingerprint density at radius 3 is 2.89 bits per heavy atom. The fourth-order valence-electron chi connectivity index (χ4n) is 2.68. The van der Waals surface area contributed by atoms with Crippen LogP contribution in [0.15, 0.2) is 18.2 Å². The van der Waals surface area contributed by atoms with Gasteiger partial charge in [0.1, 0.15) is 0 Å². The molecular formula is C14H17Cl2NO2. The summed E-state index contributed by atoms with van der Waals surface area (Å²) >= 11 is 12.0. The third-order valence-electron chi connectivity index (χ3n) is 3.71. The fraction of sp³-hybridized carbons (Fsp3) is 0.500. The fourth-order valence-corrected chi connectivity index (χ4v) is 3.06. The van der Waals surface area contributed by atoms with E-state index < -0.39 is 5.97 Å². The van der Waals surface area contributed by atoms with Crippen molar-refractivity contribution in [2.75, 3.05) is 6.54 Å². The monoisotopic (exact) mass is 301 g/mol. The molecule has 104 valence electrons. The number of halogens is 2. The van der Waals surface area contributed by atoms with E-state index in [2.05, 4.69) is 5.32 Å². The molecule has 2 N–H and O–H groups in total. The van der Waals surface area contributed by atoms with E-state index in [0.717, 1.165) is 24.8 Å². The molecule has 0 aliphatic heterocycles. The van der Waals surface area contributed by atoms with E-state index >= 15 is 0 Å². The van der Waals surface area contributed by atoms with Crippen LogP contribution < -0.4 is 5.32 Å². The lowest BCUT2D eigenvalue weighted by molar-refractivity contribution is -0.142. The van der Waals surface area contributed by atoms with Crippen LogP contribution in [-0.2, 0) is 11.3 Å². The van der Waals surface area contributed by atoms with Gasteiger partial charge in [0.25, 0.3) is 0 Å². The van der Waals surface area contributed by atoms with Crippen molar-refractivity contribution >= 4 is 29.2 Å². The first-order chi connectivity index (χ1) is 9.08. The SMILES string of the molecule is O=C(O)C1CCCC1CNCc1cc(Cl)ccc1Cl. The molecule has 3 nitrogen and oxygen atoms in total. The highest BCUT2D eigenvalue weighted by atomic mass is 35.5. The summed E-state index contributed by atoms with van der Waals surface area (Å²) in [5.41, 5.74) is 0.944. The van der Waals surface area contributed by atoms with Crippen molar-refractivity contribution in [2.45, 2.75) is 25.8 Å². The van der Waals surface area contributed by atoms with Crippen LogP contribution in [0.5, 0.6) is 0 Å². The molecule has 0 spiro atoms. The largest absolute Gasteiger partial charge is 0.481 e. The minimum absolute atomic E-state index is 0.206. The Labute approximate surface area is 122 Å².